The van der Waals surface area contributed by atoms with Crippen molar-refractivity contribution in [1.29, 1.82) is 0 Å². The van der Waals surface area contributed by atoms with Gasteiger partial charge in [0.1, 0.15) is 0 Å². The van der Waals surface area contributed by atoms with Crippen LogP contribution in [0.4, 0.5) is 0 Å². The van der Waals surface area contributed by atoms with Crippen LogP contribution in [0.15, 0.2) is 24.3 Å². The molecule has 1 saturated carbocycles. The summed E-state index contributed by atoms with van der Waals surface area (Å²) in [5.41, 5.74) is 9.04. The van der Waals surface area contributed by atoms with Crippen molar-refractivity contribution in [2.45, 2.75) is 45.7 Å². The minimum atomic E-state index is 0.235. The highest BCUT2D eigenvalue weighted by atomic mass is 15.2. The van der Waals surface area contributed by atoms with Crippen molar-refractivity contribution < 1.29 is 0 Å². The average molecular weight is 260 g/mol. The number of hydrogen-bond donors (Lipinski definition) is 1. The number of rotatable bonds is 5. The lowest BCUT2D eigenvalue weighted by Gasteiger charge is -2.54. The number of aryl methyl sites for hydroxylation is 1. The van der Waals surface area contributed by atoms with Gasteiger partial charge in [0.05, 0.1) is 0 Å². The quantitative estimate of drug-likeness (QED) is 0.881. The monoisotopic (exact) mass is 260 g/mol. The summed E-state index contributed by atoms with van der Waals surface area (Å²) in [6.07, 6.45) is 2.51. The van der Waals surface area contributed by atoms with Gasteiger partial charge in [-0.3, -0.25) is 4.90 Å². The standard InChI is InChI=1S/C17H28N2/c1-13(2)16-9-17(10-16,12-18)19(4)11-15-7-5-6-14(3)8-15/h5-8,13,16H,9-12,18H2,1-4H3. The summed E-state index contributed by atoms with van der Waals surface area (Å²) in [5.74, 6) is 1.63. The van der Waals surface area contributed by atoms with E-state index >= 15 is 0 Å². The Morgan fingerprint density at radius 3 is 2.58 bits per heavy atom. The van der Waals surface area contributed by atoms with Crippen LogP contribution < -0.4 is 5.73 Å². The zero-order chi connectivity index (χ0) is 14.0. The topological polar surface area (TPSA) is 29.3 Å². The van der Waals surface area contributed by atoms with E-state index in [2.05, 4.69) is 57.0 Å². The highest BCUT2D eigenvalue weighted by Crippen LogP contribution is 2.45. The maximum atomic E-state index is 6.07. The van der Waals surface area contributed by atoms with Crippen molar-refractivity contribution in [1.82, 2.24) is 4.90 Å². The molecule has 0 amide bonds. The molecular formula is C17H28N2. The highest BCUT2D eigenvalue weighted by Gasteiger charge is 2.46. The van der Waals surface area contributed by atoms with Crippen molar-refractivity contribution in [2.75, 3.05) is 13.6 Å². The van der Waals surface area contributed by atoms with Crippen molar-refractivity contribution in [2.24, 2.45) is 17.6 Å². The van der Waals surface area contributed by atoms with Crippen molar-refractivity contribution in [3.63, 3.8) is 0 Å². The number of benzene rings is 1. The Kier molecular flexibility index (Phi) is 4.32. The second-order valence-electron chi connectivity index (χ2n) is 6.69. The third-order valence-electron chi connectivity index (χ3n) is 4.92. The molecule has 0 heterocycles. The molecule has 0 saturated heterocycles. The molecule has 0 spiro atoms. The van der Waals surface area contributed by atoms with Crippen LogP contribution in [0.5, 0.6) is 0 Å². The Labute approximate surface area is 118 Å². The average Bonchev–Trinajstić information content (AvgIpc) is 2.27. The highest BCUT2D eigenvalue weighted by molar-refractivity contribution is 5.22. The van der Waals surface area contributed by atoms with Crippen LogP contribution in [0.25, 0.3) is 0 Å². The fourth-order valence-corrected chi connectivity index (χ4v) is 3.27. The van der Waals surface area contributed by atoms with Gasteiger partial charge in [-0.2, -0.15) is 0 Å². The molecule has 19 heavy (non-hydrogen) atoms. The number of nitrogens with zero attached hydrogens (tertiary/aromatic N) is 1. The molecule has 2 nitrogen and oxygen atoms in total. The number of nitrogens with two attached hydrogens (primary N) is 1. The van der Waals surface area contributed by atoms with E-state index in [0.717, 1.165) is 24.9 Å². The van der Waals surface area contributed by atoms with Crippen LogP contribution in [0, 0.1) is 18.8 Å². The van der Waals surface area contributed by atoms with E-state index in [9.17, 15) is 0 Å². The lowest BCUT2D eigenvalue weighted by molar-refractivity contribution is -0.0244. The van der Waals surface area contributed by atoms with Gasteiger partial charge in [0.25, 0.3) is 0 Å². The van der Waals surface area contributed by atoms with Gasteiger partial charge in [-0.05, 0) is 44.2 Å². The lowest BCUT2D eigenvalue weighted by atomic mass is 9.63. The molecule has 1 aromatic rings. The van der Waals surface area contributed by atoms with Crippen LogP contribution in [0.1, 0.15) is 37.8 Å². The zero-order valence-electron chi connectivity index (χ0n) is 12.8. The van der Waals surface area contributed by atoms with E-state index < -0.39 is 0 Å². The molecule has 0 bridgehead atoms. The van der Waals surface area contributed by atoms with E-state index in [-0.39, 0.29) is 5.54 Å². The third-order valence-corrected chi connectivity index (χ3v) is 4.92. The van der Waals surface area contributed by atoms with E-state index in [1.807, 2.05) is 0 Å². The van der Waals surface area contributed by atoms with Crippen molar-refractivity contribution >= 4 is 0 Å². The van der Waals surface area contributed by atoms with Gasteiger partial charge in [-0.25, -0.2) is 0 Å². The minimum absolute atomic E-state index is 0.235. The molecule has 0 atom stereocenters. The first-order chi connectivity index (χ1) is 8.97. The lowest BCUT2D eigenvalue weighted by Crippen LogP contribution is -2.60. The SMILES string of the molecule is Cc1cccc(CN(C)C2(CN)CC(C(C)C)C2)c1. The molecule has 0 aromatic heterocycles. The van der Waals surface area contributed by atoms with Gasteiger partial charge in [0.15, 0.2) is 0 Å². The van der Waals surface area contributed by atoms with Gasteiger partial charge in [-0.1, -0.05) is 43.7 Å². The Bertz CT molecular complexity index is 419. The number of likely N-dealkylation sites (N-methyl/N-ethyl adjacent to an activating group) is 1. The van der Waals surface area contributed by atoms with Crippen LogP contribution >= 0.6 is 0 Å². The van der Waals surface area contributed by atoms with Gasteiger partial charge < -0.3 is 5.73 Å². The van der Waals surface area contributed by atoms with Crippen LogP contribution in [-0.2, 0) is 6.54 Å². The largest absolute Gasteiger partial charge is 0.329 e. The number of hydrogen-bond acceptors (Lipinski definition) is 2. The van der Waals surface area contributed by atoms with E-state index in [1.165, 1.54) is 24.0 Å². The molecule has 0 radical (unpaired) electrons. The third kappa shape index (κ3) is 3.01. The summed E-state index contributed by atoms with van der Waals surface area (Å²) in [6.45, 7) is 8.58. The Balaban J connectivity index is 2.01. The molecule has 2 rings (SSSR count). The molecule has 106 valence electrons. The molecule has 2 N–H and O–H groups in total. The smallest absolute Gasteiger partial charge is 0.0337 e. The minimum Gasteiger partial charge on any atom is -0.329 e. The normalized spacial score (nSPS) is 26.8. The molecule has 1 aromatic carbocycles. The summed E-state index contributed by atoms with van der Waals surface area (Å²) in [6, 6.07) is 8.79. The predicted molar refractivity (Wildman–Crippen MR) is 82.0 cm³/mol. The molecule has 0 unspecified atom stereocenters. The molecule has 0 aliphatic heterocycles. The first-order valence-electron chi connectivity index (χ1n) is 7.44. The van der Waals surface area contributed by atoms with Crippen molar-refractivity contribution in [3.8, 4) is 0 Å². The van der Waals surface area contributed by atoms with Crippen molar-refractivity contribution in [3.05, 3.63) is 35.4 Å². The van der Waals surface area contributed by atoms with Crippen LogP contribution in [0.3, 0.4) is 0 Å². The summed E-state index contributed by atoms with van der Waals surface area (Å²) in [7, 11) is 2.23. The van der Waals surface area contributed by atoms with Gasteiger partial charge in [-0.15, -0.1) is 0 Å². The van der Waals surface area contributed by atoms with E-state index in [4.69, 9.17) is 5.73 Å². The zero-order valence-corrected chi connectivity index (χ0v) is 12.8. The molecular weight excluding hydrogens is 232 g/mol. The second kappa shape index (κ2) is 5.64. The fraction of sp³-hybridized carbons (Fsp3) is 0.647. The Morgan fingerprint density at radius 2 is 2.05 bits per heavy atom. The first kappa shape index (κ1) is 14.5. The Morgan fingerprint density at radius 1 is 1.37 bits per heavy atom. The van der Waals surface area contributed by atoms with Gasteiger partial charge in [0, 0.05) is 18.6 Å². The summed E-state index contributed by atoms with van der Waals surface area (Å²) in [4.78, 5) is 2.47. The Hall–Kier alpha value is -0.860. The van der Waals surface area contributed by atoms with Crippen LogP contribution in [-0.4, -0.2) is 24.0 Å². The second-order valence-corrected chi connectivity index (χ2v) is 6.69. The van der Waals surface area contributed by atoms with Gasteiger partial charge in [0.2, 0.25) is 0 Å². The van der Waals surface area contributed by atoms with Crippen LogP contribution in [0.2, 0.25) is 0 Å². The summed E-state index contributed by atoms with van der Waals surface area (Å²) in [5, 5.41) is 0. The van der Waals surface area contributed by atoms with E-state index in [1.54, 1.807) is 0 Å². The predicted octanol–water partition coefficient (Wildman–Crippen LogP) is 3.19. The first-order valence-corrected chi connectivity index (χ1v) is 7.44. The fourth-order valence-electron chi connectivity index (χ4n) is 3.27. The van der Waals surface area contributed by atoms with Gasteiger partial charge >= 0.3 is 0 Å². The maximum absolute atomic E-state index is 6.07. The molecule has 2 heteroatoms. The molecule has 1 aliphatic carbocycles. The molecule has 1 fully saturated rings. The summed E-state index contributed by atoms with van der Waals surface area (Å²) < 4.78 is 0. The van der Waals surface area contributed by atoms with E-state index in [0.29, 0.717) is 0 Å². The maximum Gasteiger partial charge on any atom is 0.0337 e. The summed E-state index contributed by atoms with van der Waals surface area (Å²) >= 11 is 0. The molecule has 1 aliphatic rings.